The van der Waals surface area contributed by atoms with Gasteiger partial charge in [-0.2, -0.15) is 9.97 Å². The number of carboxylic acids is 1. The number of rotatable bonds is 7. The summed E-state index contributed by atoms with van der Waals surface area (Å²) in [5, 5.41) is 14.1. The molecule has 2 fully saturated rings. The van der Waals surface area contributed by atoms with Crippen LogP contribution in [0.4, 0.5) is 20.4 Å². The lowest BCUT2D eigenvalue weighted by molar-refractivity contribution is 0.0701. The molecule has 248 valence electrons. The molecular formula is C29H34F2N6O7S2. The lowest BCUT2D eigenvalue weighted by Gasteiger charge is -2.12. The van der Waals surface area contributed by atoms with Crippen molar-refractivity contribution in [2.24, 2.45) is 0 Å². The zero-order chi connectivity index (χ0) is 32.3. The Kier molecular flexibility index (Phi) is 13.7. The molecule has 2 atom stereocenters. The van der Waals surface area contributed by atoms with E-state index >= 15 is 0 Å². The lowest BCUT2D eigenvalue weighted by Crippen LogP contribution is -2.30. The van der Waals surface area contributed by atoms with Gasteiger partial charge in [-0.05, 0) is 48.6 Å². The fraction of sp³-hybridized carbons (Fsp3) is 0.379. The minimum atomic E-state index is -0.847. The molecule has 17 heteroatoms. The Morgan fingerprint density at radius 3 is 1.89 bits per heavy atom. The van der Waals surface area contributed by atoms with E-state index in [0.717, 1.165) is 38.1 Å². The van der Waals surface area contributed by atoms with Gasteiger partial charge in [0.05, 0.1) is 30.2 Å². The van der Waals surface area contributed by atoms with Crippen LogP contribution >= 0.6 is 22.7 Å². The summed E-state index contributed by atoms with van der Waals surface area (Å²) >= 11 is 2.45. The van der Waals surface area contributed by atoms with Crippen LogP contribution in [-0.4, -0.2) is 61.5 Å². The Morgan fingerprint density at radius 2 is 1.43 bits per heavy atom. The third-order valence-corrected chi connectivity index (χ3v) is 8.21. The fourth-order valence-electron chi connectivity index (χ4n) is 4.29. The summed E-state index contributed by atoms with van der Waals surface area (Å²) in [5.41, 5.74) is 4.02. The number of aromatic carboxylic acids is 1. The van der Waals surface area contributed by atoms with E-state index in [2.05, 4.69) is 15.3 Å². The maximum absolute atomic E-state index is 14.0. The van der Waals surface area contributed by atoms with Crippen LogP contribution < -0.4 is 22.4 Å². The second-order valence-corrected chi connectivity index (χ2v) is 11.7. The van der Waals surface area contributed by atoms with Crippen molar-refractivity contribution in [3.05, 3.63) is 89.8 Å². The zero-order valence-electron chi connectivity index (χ0n) is 23.8. The van der Waals surface area contributed by atoms with E-state index in [4.69, 9.17) is 20.3 Å². The van der Waals surface area contributed by atoms with E-state index in [-0.39, 0.29) is 37.8 Å². The van der Waals surface area contributed by atoms with Gasteiger partial charge in [-0.1, -0.05) is 19.6 Å². The summed E-state index contributed by atoms with van der Waals surface area (Å²) in [5.74, 6) is -3.47. The number of thiophene rings is 2. The first-order chi connectivity index (χ1) is 21.6. The van der Waals surface area contributed by atoms with Crippen molar-refractivity contribution in [2.75, 3.05) is 24.3 Å². The molecule has 4 N–H and O–H groups in total. The number of ether oxygens (including phenoxy) is 2. The van der Waals surface area contributed by atoms with E-state index in [1.165, 1.54) is 31.8 Å². The van der Waals surface area contributed by atoms with E-state index < -0.39 is 34.9 Å². The molecule has 0 saturated carbocycles. The summed E-state index contributed by atoms with van der Waals surface area (Å²) < 4.78 is 40.2. The van der Waals surface area contributed by atoms with Crippen LogP contribution in [-0.2, 0) is 22.6 Å². The molecule has 0 aliphatic carbocycles. The molecule has 4 aromatic rings. The average Bonchev–Trinajstić information content (AvgIpc) is 3.83. The predicted octanol–water partition coefficient (Wildman–Crippen LogP) is 4.10. The quantitative estimate of drug-likeness (QED) is 0.257. The van der Waals surface area contributed by atoms with Crippen LogP contribution in [0, 0.1) is 11.6 Å². The van der Waals surface area contributed by atoms with Crippen LogP contribution in [0.3, 0.4) is 0 Å². The van der Waals surface area contributed by atoms with Crippen LogP contribution in [0.1, 0.15) is 52.5 Å². The van der Waals surface area contributed by atoms with Crippen molar-refractivity contribution < 1.29 is 33.0 Å². The van der Waals surface area contributed by atoms with Gasteiger partial charge in [0.2, 0.25) is 0 Å². The van der Waals surface area contributed by atoms with E-state index in [9.17, 15) is 28.0 Å². The highest BCUT2D eigenvalue weighted by molar-refractivity contribution is 7.12. The molecule has 46 heavy (non-hydrogen) atoms. The first-order valence-electron chi connectivity index (χ1n) is 13.7. The summed E-state index contributed by atoms with van der Waals surface area (Å²) in [4.78, 5) is 53.0. The van der Waals surface area contributed by atoms with Gasteiger partial charge in [0.25, 0.3) is 5.91 Å². The number of carbonyl (C=O) groups is 2. The number of nitrogen functional groups attached to an aromatic ring is 1. The minimum Gasteiger partial charge on any atom is -0.477 e. The number of halogens is 2. The van der Waals surface area contributed by atoms with Gasteiger partial charge in [-0.15, -0.1) is 22.7 Å². The lowest BCUT2D eigenvalue weighted by atomic mass is 10.2. The van der Waals surface area contributed by atoms with Crippen molar-refractivity contribution in [3.8, 4) is 0 Å². The number of hydrogen-bond donors (Lipinski definition) is 3. The van der Waals surface area contributed by atoms with Crippen molar-refractivity contribution in [3.63, 3.8) is 0 Å². The molecule has 0 bridgehead atoms. The number of anilines is 2. The molecule has 6 heterocycles. The highest BCUT2D eigenvalue weighted by atomic mass is 32.1. The molecule has 4 aromatic heterocycles. The van der Waals surface area contributed by atoms with Gasteiger partial charge >= 0.3 is 17.3 Å². The summed E-state index contributed by atoms with van der Waals surface area (Å²) in [7, 11) is 0. The van der Waals surface area contributed by atoms with Crippen molar-refractivity contribution in [1.29, 1.82) is 0 Å². The SMILES string of the molecule is C.Nc1nc(=O)n(CC2CCCO2)cc1F.O=C(Nc1nc(=O)n(CC2CCCO2)cc1F)c1cccs1.O=C(O)c1cccs1. The second-order valence-electron chi connectivity index (χ2n) is 9.77. The topological polar surface area (TPSA) is 181 Å². The second kappa shape index (κ2) is 17.4. The number of aromatic nitrogens is 4. The molecular weight excluding hydrogens is 646 g/mol. The molecule has 2 aliphatic rings. The molecule has 13 nitrogen and oxygen atoms in total. The highest BCUT2D eigenvalue weighted by Gasteiger charge is 2.20. The highest BCUT2D eigenvalue weighted by Crippen LogP contribution is 2.16. The molecule has 2 unspecified atom stereocenters. The first-order valence-corrected chi connectivity index (χ1v) is 15.5. The summed E-state index contributed by atoms with van der Waals surface area (Å²) in [6.07, 6.45) is 5.66. The van der Waals surface area contributed by atoms with E-state index in [0.29, 0.717) is 29.5 Å². The van der Waals surface area contributed by atoms with Gasteiger partial charge in [-0.25, -0.2) is 23.2 Å². The number of nitrogens with zero attached hydrogens (tertiary/aromatic N) is 4. The number of carbonyl (C=O) groups excluding carboxylic acids is 1. The predicted molar refractivity (Wildman–Crippen MR) is 170 cm³/mol. The molecule has 2 aliphatic heterocycles. The van der Waals surface area contributed by atoms with E-state index in [1.54, 1.807) is 35.0 Å². The maximum atomic E-state index is 14.0. The van der Waals surface area contributed by atoms with Crippen molar-refractivity contribution >= 4 is 46.2 Å². The largest absolute Gasteiger partial charge is 0.477 e. The Hall–Kier alpha value is -4.32. The third kappa shape index (κ3) is 10.4. The van der Waals surface area contributed by atoms with Crippen LogP contribution in [0.25, 0.3) is 0 Å². The van der Waals surface area contributed by atoms with Crippen molar-refractivity contribution in [2.45, 2.75) is 58.4 Å². The molecule has 1 amide bonds. The number of nitrogens with one attached hydrogen (secondary N) is 1. The molecule has 2 saturated heterocycles. The van der Waals surface area contributed by atoms with Crippen LogP contribution in [0.5, 0.6) is 0 Å². The average molecular weight is 681 g/mol. The number of amides is 1. The third-order valence-electron chi connectivity index (χ3n) is 6.48. The smallest absolute Gasteiger partial charge is 0.349 e. The van der Waals surface area contributed by atoms with Crippen LogP contribution in [0.2, 0.25) is 0 Å². The molecule has 0 aromatic carbocycles. The van der Waals surface area contributed by atoms with Gasteiger partial charge in [0.15, 0.2) is 23.3 Å². The van der Waals surface area contributed by atoms with Gasteiger partial charge in [0, 0.05) is 25.6 Å². The number of nitrogens with two attached hydrogens (primary N) is 1. The molecule has 0 radical (unpaired) electrons. The van der Waals surface area contributed by atoms with Gasteiger partial charge < -0.3 is 25.6 Å². The normalized spacial score (nSPS) is 16.7. The number of hydrogen-bond acceptors (Lipinski definition) is 11. The Bertz CT molecular complexity index is 1680. The maximum Gasteiger partial charge on any atom is 0.349 e. The standard InChI is InChI=1S/C14H14FN3O3S.C9H12FN3O2.C5H4O2S.CH4/c15-10-8-18(7-9-3-1-5-21-9)14(20)17-12(10)16-13(19)11-4-2-6-22-11;10-7-5-13(9(14)12-8(7)11)4-6-2-1-3-15-6;6-5(7)4-2-1-3-8-4;/h2,4,6,8-9H,1,3,5,7H2,(H,16,17,19,20);5-6H,1-4H2,(H2,11,12,14);1-3H,(H,6,7);1H4. The number of carboxylic acid groups (broad SMARTS) is 1. The Labute approximate surface area is 270 Å². The Morgan fingerprint density at radius 1 is 0.913 bits per heavy atom. The first kappa shape index (κ1) is 36.2. The van der Waals surface area contributed by atoms with E-state index in [1.807, 2.05) is 0 Å². The fourth-order valence-corrected chi connectivity index (χ4v) is 5.47. The monoisotopic (exact) mass is 680 g/mol. The molecule has 6 rings (SSSR count). The van der Waals surface area contributed by atoms with Crippen LogP contribution in [0.15, 0.2) is 57.0 Å². The Balaban J connectivity index is 0.000000207. The summed E-state index contributed by atoms with van der Waals surface area (Å²) in [6.45, 7) is 1.96. The zero-order valence-corrected chi connectivity index (χ0v) is 25.4. The molecule has 0 spiro atoms. The van der Waals surface area contributed by atoms with Gasteiger partial charge in [0.1, 0.15) is 4.88 Å². The van der Waals surface area contributed by atoms with Crippen molar-refractivity contribution in [1.82, 2.24) is 19.1 Å². The summed E-state index contributed by atoms with van der Waals surface area (Å²) in [6, 6.07) is 6.61. The van der Waals surface area contributed by atoms with Gasteiger partial charge in [-0.3, -0.25) is 13.9 Å². The minimum absolute atomic E-state index is 0.